The Bertz CT molecular complexity index is 1970. The average Bonchev–Trinajstić information content (AvgIpc) is 3.40. The minimum atomic E-state index is -2.27. The number of pyridine rings is 1. The molecule has 5 rings (SSSR count). The Morgan fingerprint density at radius 1 is 0.875 bits per heavy atom. The number of aromatic nitrogens is 2. The van der Waals surface area contributed by atoms with Gasteiger partial charge in [-0.1, -0.05) is 114 Å². The fourth-order valence-electron chi connectivity index (χ4n) is 6.32. The Hall–Kier alpha value is -2.84. The molecule has 0 unspecified atom stereocenters. The molecule has 2 aromatic heterocycles. The smallest absolute Gasteiger partial charge is 0.162 e. The van der Waals surface area contributed by atoms with Crippen molar-refractivity contribution in [3.63, 3.8) is 0 Å². The van der Waals surface area contributed by atoms with Gasteiger partial charge in [-0.2, -0.15) is 0 Å². The number of aliphatic hydroxyl groups is 1. The second-order valence-corrected chi connectivity index (χ2v) is 24.4. The number of benzene rings is 3. The van der Waals surface area contributed by atoms with E-state index in [1.807, 2.05) is 62.7 Å². The van der Waals surface area contributed by atoms with E-state index in [0.717, 1.165) is 64.1 Å². The van der Waals surface area contributed by atoms with Crippen LogP contribution < -0.4 is 5.19 Å². The zero-order valence-corrected chi connectivity index (χ0v) is 34.9. The van der Waals surface area contributed by atoms with Crippen LogP contribution in [-0.2, 0) is 31.0 Å². The summed E-state index contributed by atoms with van der Waals surface area (Å²) in [7, 11) is -3.93. The van der Waals surface area contributed by atoms with Crippen molar-refractivity contribution in [2.24, 2.45) is 11.8 Å². The predicted molar refractivity (Wildman–Crippen MR) is 209 cm³/mol. The molecule has 0 saturated carbocycles. The Labute approximate surface area is 307 Å². The molecule has 0 amide bonds. The SMILES string of the molecule is CCC(CC)C(=O)/C=C(\O)C(CC)CC.[2H]C([2H])(n1c2ccccc2c2ccnc(-c3[c-]c4ccccc4c([Si](C)(C)C)c3)c21)[Si](C)(C)C.[Ir]. The van der Waals surface area contributed by atoms with Crippen molar-refractivity contribution in [1.82, 2.24) is 9.55 Å². The van der Waals surface area contributed by atoms with Crippen molar-refractivity contribution in [1.29, 1.82) is 0 Å². The molecule has 0 bridgehead atoms. The average molecular weight is 858 g/mol. The first-order chi connectivity index (χ1) is 23.0. The molecule has 259 valence electrons. The second-order valence-electron chi connectivity index (χ2n) is 14.7. The van der Waals surface area contributed by atoms with Crippen LogP contribution >= 0.6 is 0 Å². The zero-order valence-electron chi connectivity index (χ0n) is 32.5. The maximum absolute atomic E-state index is 11.7. The van der Waals surface area contributed by atoms with E-state index in [1.54, 1.807) is 0 Å². The summed E-state index contributed by atoms with van der Waals surface area (Å²) in [5.41, 5.74) is 3.54. The molecule has 0 fully saturated rings. The normalized spacial score (nSPS) is 13.4. The van der Waals surface area contributed by atoms with Gasteiger partial charge in [-0.3, -0.25) is 9.78 Å². The van der Waals surface area contributed by atoms with E-state index >= 15 is 0 Å². The monoisotopic (exact) mass is 858 g/mol. The van der Waals surface area contributed by atoms with Crippen LogP contribution in [0, 0.1) is 17.9 Å². The summed E-state index contributed by atoms with van der Waals surface area (Å²) in [5, 5.41) is 15.6. The van der Waals surface area contributed by atoms with Gasteiger partial charge in [-0.25, -0.2) is 0 Å². The van der Waals surface area contributed by atoms with Crippen molar-refractivity contribution in [2.75, 3.05) is 0 Å². The molecule has 3 aromatic carbocycles. The molecule has 1 N–H and O–H groups in total. The van der Waals surface area contributed by atoms with E-state index in [0.29, 0.717) is 0 Å². The van der Waals surface area contributed by atoms with Gasteiger partial charge in [0.1, 0.15) is 0 Å². The van der Waals surface area contributed by atoms with Crippen molar-refractivity contribution in [3.8, 4) is 11.3 Å². The van der Waals surface area contributed by atoms with Crippen LogP contribution in [0.2, 0.25) is 39.3 Å². The summed E-state index contributed by atoms with van der Waals surface area (Å²) in [6.07, 6.45) is 5.27. The number of carbonyl (C=O) groups excluding carboxylic acids is 1. The van der Waals surface area contributed by atoms with Crippen molar-refractivity contribution < 1.29 is 32.7 Å². The molecule has 48 heavy (non-hydrogen) atoms. The van der Waals surface area contributed by atoms with Crippen molar-refractivity contribution >= 4 is 59.7 Å². The number of allylic oxidation sites excluding steroid dienone is 2. The van der Waals surface area contributed by atoms with Crippen LogP contribution in [0.4, 0.5) is 0 Å². The number of ketones is 1. The minimum Gasteiger partial charge on any atom is -0.512 e. The van der Waals surface area contributed by atoms with Gasteiger partial charge in [-0.05, 0) is 37.8 Å². The molecule has 0 spiro atoms. The number of carbonyl (C=O) groups is 1. The number of nitrogens with zero attached hydrogens (tertiary/aromatic N) is 2. The third-order valence-corrected chi connectivity index (χ3v) is 11.9. The van der Waals surface area contributed by atoms with Gasteiger partial charge >= 0.3 is 0 Å². The summed E-state index contributed by atoms with van der Waals surface area (Å²) >= 11 is 0. The van der Waals surface area contributed by atoms with E-state index in [1.165, 1.54) is 16.6 Å². The van der Waals surface area contributed by atoms with Crippen molar-refractivity contribution in [3.05, 3.63) is 84.8 Å². The molecule has 1 radical (unpaired) electrons. The Balaban J connectivity index is 0.000000361. The third-order valence-electron chi connectivity index (χ3n) is 8.95. The fourth-order valence-corrected chi connectivity index (χ4v) is 8.83. The number of rotatable bonds is 11. The number of hydrogen-bond acceptors (Lipinski definition) is 3. The summed E-state index contributed by atoms with van der Waals surface area (Å²) in [6, 6.07) is 24.6. The van der Waals surface area contributed by atoms with Gasteiger partial charge in [0.2, 0.25) is 0 Å². The number of hydrogen-bond donors (Lipinski definition) is 1. The number of aliphatic hydroxyl groups excluding tert-OH is 1. The molecular weight excluding hydrogens is 801 g/mol. The molecule has 0 aliphatic rings. The van der Waals surface area contributed by atoms with Crippen LogP contribution in [0.25, 0.3) is 43.8 Å². The summed E-state index contributed by atoms with van der Waals surface area (Å²) < 4.78 is 20.5. The number of fused-ring (bicyclic) bond motifs is 4. The summed E-state index contributed by atoms with van der Waals surface area (Å²) in [4.78, 5) is 16.6. The van der Waals surface area contributed by atoms with Gasteiger partial charge in [0.15, 0.2) is 5.78 Å². The van der Waals surface area contributed by atoms with Crippen LogP contribution in [0.3, 0.4) is 0 Å². The topological polar surface area (TPSA) is 55.1 Å². The first-order valence-corrected chi connectivity index (χ1v) is 24.3. The summed E-state index contributed by atoms with van der Waals surface area (Å²) in [5.74, 6) is 0.547. The quantitative estimate of drug-likeness (QED) is 0.0623. The van der Waals surface area contributed by atoms with E-state index < -0.39 is 22.3 Å². The fraction of sp³-hybridized carbons (Fsp3) is 0.415. The zero-order chi connectivity index (χ0) is 36.3. The second kappa shape index (κ2) is 16.7. The molecule has 0 atom stereocenters. The first-order valence-electron chi connectivity index (χ1n) is 18.3. The van der Waals surface area contributed by atoms with E-state index in [2.05, 4.69) is 81.7 Å². The summed E-state index contributed by atoms with van der Waals surface area (Å²) in [6.45, 7) is 21.5. The van der Waals surface area contributed by atoms with Gasteiger partial charge in [0, 0.05) is 80.6 Å². The van der Waals surface area contributed by atoms with E-state index in [9.17, 15) is 12.6 Å². The van der Waals surface area contributed by atoms with Gasteiger partial charge < -0.3 is 9.67 Å². The Morgan fingerprint density at radius 2 is 1.46 bits per heavy atom. The molecule has 0 aliphatic heterocycles. The third kappa shape index (κ3) is 9.03. The minimum absolute atomic E-state index is 0. The molecular formula is C41H55IrN2O2Si2-. The van der Waals surface area contributed by atoms with E-state index in [4.69, 9.17) is 4.98 Å². The van der Waals surface area contributed by atoms with Crippen molar-refractivity contribution in [2.45, 2.75) is 98.8 Å². The van der Waals surface area contributed by atoms with E-state index in [-0.39, 0.29) is 43.5 Å². The molecule has 5 aromatic rings. The van der Waals surface area contributed by atoms with Crippen LogP contribution in [0.15, 0.2) is 78.7 Å². The Kier molecular flexibility index (Phi) is 12.7. The maximum atomic E-state index is 11.7. The largest absolute Gasteiger partial charge is 0.512 e. The van der Waals surface area contributed by atoms with Gasteiger partial charge in [-0.15, -0.1) is 28.8 Å². The van der Waals surface area contributed by atoms with Crippen LogP contribution in [0.5, 0.6) is 0 Å². The van der Waals surface area contributed by atoms with Gasteiger partial charge in [0.25, 0.3) is 0 Å². The predicted octanol–water partition coefficient (Wildman–Crippen LogP) is 11.1. The Morgan fingerprint density at radius 3 is 2.04 bits per heavy atom. The maximum Gasteiger partial charge on any atom is 0.162 e. The van der Waals surface area contributed by atoms with Gasteiger partial charge in [0.05, 0.1) is 21.9 Å². The molecule has 4 nitrogen and oxygen atoms in total. The van der Waals surface area contributed by atoms with Crippen LogP contribution in [-0.4, -0.2) is 36.6 Å². The molecule has 0 saturated heterocycles. The number of para-hydroxylation sites is 1. The van der Waals surface area contributed by atoms with Crippen LogP contribution in [0.1, 0.15) is 56.1 Å². The molecule has 2 heterocycles. The standard InChI is InChI=1S/C28H31N2Si2.C13H24O2.Ir/c1-31(2,3)19-30-25-14-10-9-13-23(25)24-15-16-29-27(28(24)30)21-17-20-11-7-8-12-22(20)26(18-21)32(4,5)6;1-5-10(6-2)12(14)9-13(15)11(7-3)8-4;/h7-16,18H,19H2,1-6H3;9-11,14H,5-8H2,1-4H3;/q-1;;/b;12-9-;/i19D2;;. The molecule has 7 heteroatoms. The molecule has 0 aliphatic carbocycles. The first kappa shape index (κ1) is 36.4.